The summed E-state index contributed by atoms with van der Waals surface area (Å²) < 4.78 is 40.7. The van der Waals surface area contributed by atoms with E-state index in [4.69, 9.17) is 0 Å². The zero-order valence-corrected chi connectivity index (χ0v) is 16.5. The average Bonchev–Trinajstić information content (AvgIpc) is 3.26. The predicted molar refractivity (Wildman–Crippen MR) is 114 cm³/mol. The monoisotopic (exact) mass is 427 g/mol. The van der Waals surface area contributed by atoms with E-state index in [-0.39, 0.29) is 10.9 Å². The molecule has 1 fully saturated rings. The number of alkyl halides is 3. The highest BCUT2D eigenvalue weighted by Crippen LogP contribution is 2.34. The Hall–Kier alpha value is -3.33. The lowest BCUT2D eigenvalue weighted by atomic mass is 10.00. The predicted octanol–water partition coefficient (Wildman–Crippen LogP) is 3.52. The Balaban J connectivity index is 1.73. The number of halogens is 3. The minimum atomic E-state index is -4.52. The third kappa shape index (κ3) is 3.54. The zero-order valence-electron chi connectivity index (χ0n) is 16.5. The molecular weight excluding hydrogens is 407 g/mol. The van der Waals surface area contributed by atoms with Crippen LogP contribution in [0.2, 0.25) is 0 Å². The first-order valence-corrected chi connectivity index (χ1v) is 10.0. The molecule has 2 aromatic heterocycles. The number of anilines is 1. The van der Waals surface area contributed by atoms with Crippen LogP contribution in [0.1, 0.15) is 0 Å². The van der Waals surface area contributed by atoms with Crippen molar-refractivity contribution in [2.24, 2.45) is 0 Å². The molecule has 0 amide bonds. The van der Waals surface area contributed by atoms with Crippen molar-refractivity contribution in [1.82, 2.24) is 20.1 Å². The third-order valence-electron chi connectivity index (χ3n) is 5.67. The molecule has 1 saturated heterocycles. The summed E-state index contributed by atoms with van der Waals surface area (Å²) in [5, 5.41) is 10.7. The van der Waals surface area contributed by atoms with Gasteiger partial charge in [-0.2, -0.15) is 18.3 Å². The molecular formula is C22H20F3N5O. The Morgan fingerprint density at radius 2 is 1.81 bits per heavy atom. The third-order valence-corrected chi connectivity index (χ3v) is 5.67. The molecule has 2 N–H and O–H groups in total. The van der Waals surface area contributed by atoms with E-state index in [1.165, 1.54) is 6.20 Å². The van der Waals surface area contributed by atoms with Gasteiger partial charge in [0.2, 0.25) is 0 Å². The summed E-state index contributed by atoms with van der Waals surface area (Å²) in [7, 11) is 0. The van der Waals surface area contributed by atoms with Gasteiger partial charge in [-0.25, -0.2) is 0 Å². The van der Waals surface area contributed by atoms with Crippen LogP contribution in [-0.4, -0.2) is 47.1 Å². The van der Waals surface area contributed by atoms with E-state index < -0.39 is 18.3 Å². The molecule has 160 valence electrons. The van der Waals surface area contributed by atoms with Gasteiger partial charge in [0.25, 0.3) is 5.56 Å². The smallest absolute Gasteiger partial charge is 0.368 e. The van der Waals surface area contributed by atoms with Crippen LogP contribution in [-0.2, 0) is 6.54 Å². The van der Waals surface area contributed by atoms with E-state index >= 15 is 0 Å². The van der Waals surface area contributed by atoms with E-state index in [0.717, 1.165) is 47.6 Å². The Labute approximate surface area is 175 Å². The molecule has 0 aliphatic carbocycles. The number of piperazine rings is 1. The van der Waals surface area contributed by atoms with Gasteiger partial charge in [0.15, 0.2) is 0 Å². The van der Waals surface area contributed by atoms with Crippen LogP contribution in [0.25, 0.3) is 32.9 Å². The molecule has 1 aliphatic rings. The number of nitrogens with one attached hydrogen (secondary N) is 2. The van der Waals surface area contributed by atoms with Gasteiger partial charge in [0.05, 0.1) is 10.9 Å². The number of hydrogen-bond donors (Lipinski definition) is 2. The van der Waals surface area contributed by atoms with Crippen LogP contribution in [0.3, 0.4) is 0 Å². The number of pyridine rings is 1. The molecule has 0 bridgehead atoms. The zero-order chi connectivity index (χ0) is 21.6. The van der Waals surface area contributed by atoms with Gasteiger partial charge < -0.3 is 10.2 Å². The van der Waals surface area contributed by atoms with E-state index in [2.05, 4.69) is 20.4 Å². The number of H-pyrrole nitrogens is 1. The molecule has 0 radical (unpaired) electrons. The van der Waals surface area contributed by atoms with Crippen molar-refractivity contribution in [3.8, 4) is 11.1 Å². The Morgan fingerprint density at radius 1 is 1.03 bits per heavy atom. The molecule has 1 aliphatic heterocycles. The highest BCUT2D eigenvalue weighted by atomic mass is 19.4. The number of fused-ring (bicyclic) bond motifs is 3. The summed E-state index contributed by atoms with van der Waals surface area (Å²) in [5.74, 6) is 0. The van der Waals surface area contributed by atoms with E-state index in [0.29, 0.717) is 10.9 Å². The van der Waals surface area contributed by atoms with Crippen LogP contribution < -0.4 is 15.8 Å². The molecule has 2 aromatic carbocycles. The van der Waals surface area contributed by atoms with Crippen LogP contribution in [0.15, 0.2) is 53.5 Å². The first kappa shape index (κ1) is 19.6. The van der Waals surface area contributed by atoms with Crippen molar-refractivity contribution in [3.05, 3.63) is 59.0 Å². The van der Waals surface area contributed by atoms with Gasteiger partial charge in [-0.15, -0.1) is 0 Å². The van der Waals surface area contributed by atoms with Crippen LogP contribution in [0.4, 0.5) is 18.9 Å². The fraction of sp³-hybridized carbons (Fsp3) is 0.273. The van der Waals surface area contributed by atoms with Crippen molar-refractivity contribution in [1.29, 1.82) is 0 Å². The van der Waals surface area contributed by atoms with Crippen molar-refractivity contribution < 1.29 is 13.2 Å². The summed E-state index contributed by atoms with van der Waals surface area (Å²) >= 11 is 0. The molecule has 6 nitrogen and oxygen atoms in total. The van der Waals surface area contributed by atoms with Gasteiger partial charge in [-0.05, 0) is 23.8 Å². The number of benzene rings is 2. The molecule has 9 heteroatoms. The SMILES string of the molecule is O=c1c2c[nH]nc2c2ccc(-c3ccccc3N3CCNCC3)cc2n1CC(F)(F)F. The Kier molecular flexibility index (Phi) is 4.70. The second kappa shape index (κ2) is 7.42. The maximum absolute atomic E-state index is 13.3. The summed E-state index contributed by atoms with van der Waals surface area (Å²) in [6.45, 7) is 2.07. The maximum Gasteiger partial charge on any atom is 0.406 e. The molecule has 0 unspecified atom stereocenters. The molecule has 0 saturated carbocycles. The highest BCUT2D eigenvalue weighted by Gasteiger charge is 2.30. The lowest BCUT2D eigenvalue weighted by Gasteiger charge is -2.31. The number of aromatic amines is 1. The van der Waals surface area contributed by atoms with Crippen molar-refractivity contribution in [2.75, 3.05) is 31.1 Å². The van der Waals surface area contributed by atoms with Gasteiger partial charge in [0, 0.05) is 49.0 Å². The fourth-order valence-electron chi connectivity index (χ4n) is 4.27. The molecule has 31 heavy (non-hydrogen) atoms. The Morgan fingerprint density at radius 3 is 2.58 bits per heavy atom. The lowest BCUT2D eigenvalue weighted by molar-refractivity contribution is -0.140. The average molecular weight is 427 g/mol. The molecule has 0 atom stereocenters. The van der Waals surface area contributed by atoms with Gasteiger partial charge in [-0.3, -0.25) is 14.5 Å². The second-order valence-corrected chi connectivity index (χ2v) is 7.64. The standard InChI is InChI=1S/C22H20F3N5O/c23-22(24,25)13-30-19-11-14(5-6-16(19)20-17(21(30)31)12-27-28-20)15-3-1-2-4-18(15)29-9-7-26-8-10-29/h1-6,11-12,26H,7-10,13H2,(H,27,28). The summed E-state index contributed by atoms with van der Waals surface area (Å²) in [4.78, 5) is 15.1. The van der Waals surface area contributed by atoms with Crippen LogP contribution >= 0.6 is 0 Å². The maximum atomic E-state index is 13.3. The van der Waals surface area contributed by atoms with E-state index in [1.807, 2.05) is 30.3 Å². The minimum Gasteiger partial charge on any atom is -0.368 e. The number of para-hydroxylation sites is 1. The summed E-state index contributed by atoms with van der Waals surface area (Å²) in [6.07, 6.45) is -3.18. The van der Waals surface area contributed by atoms with Crippen LogP contribution in [0, 0.1) is 0 Å². The summed E-state index contributed by atoms with van der Waals surface area (Å²) in [6, 6.07) is 13.1. The minimum absolute atomic E-state index is 0.144. The first-order chi connectivity index (χ1) is 14.9. The normalized spacial score (nSPS) is 15.1. The highest BCUT2D eigenvalue weighted by molar-refractivity contribution is 6.04. The molecule has 5 rings (SSSR count). The van der Waals surface area contributed by atoms with Crippen molar-refractivity contribution >= 4 is 27.5 Å². The van der Waals surface area contributed by atoms with E-state index in [9.17, 15) is 18.0 Å². The number of nitrogens with zero attached hydrogens (tertiary/aromatic N) is 3. The molecule has 3 heterocycles. The quantitative estimate of drug-likeness (QED) is 0.525. The van der Waals surface area contributed by atoms with Gasteiger partial charge >= 0.3 is 6.18 Å². The first-order valence-electron chi connectivity index (χ1n) is 10.0. The second-order valence-electron chi connectivity index (χ2n) is 7.64. The van der Waals surface area contributed by atoms with Gasteiger partial charge in [0.1, 0.15) is 12.1 Å². The van der Waals surface area contributed by atoms with Gasteiger partial charge in [-0.1, -0.05) is 24.3 Å². The Bertz CT molecular complexity index is 1320. The fourth-order valence-corrected chi connectivity index (χ4v) is 4.27. The number of hydrogen-bond acceptors (Lipinski definition) is 4. The largest absolute Gasteiger partial charge is 0.406 e. The van der Waals surface area contributed by atoms with Crippen LogP contribution in [0.5, 0.6) is 0 Å². The molecule has 0 spiro atoms. The lowest BCUT2D eigenvalue weighted by Crippen LogP contribution is -2.43. The summed E-state index contributed by atoms with van der Waals surface area (Å²) in [5.41, 5.74) is 2.58. The topological polar surface area (TPSA) is 66.0 Å². The number of rotatable bonds is 3. The van der Waals surface area contributed by atoms with E-state index in [1.54, 1.807) is 12.1 Å². The number of aromatic nitrogens is 3. The van der Waals surface area contributed by atoms with Crippen molar-refractivity contribution in [3.63, 3.8) is 0 Å². The molecule has 4 aromatic rings. The van der Waals surface area contributed by atoms with Crippen molar-refractivity contribution in [2.45, 2.75) is 12.7 Å².